The molecule has 0 atom stereocenters. The molecule has 3 rings (SSSR count). The van der Waals surface area contributed by atoms with Crippen LogP contribution in [0.5, 0.6) is 11.6 Å². The molecule has 11 nitrogen and oxygen atoms in total. The Balaban J connectivity index is 1.64. The Morgan fingerprint density at radius 1 is 1.00 bits per heavy atom. The number of nitro groups is 2. The number of rotatable bonds is 7. The van der Waals surface area contributed by atoms with E-state index < -0.39 is 27.0 Å². The fraction of sp³-hybridized carbons (Fsp3) is 0.0526. The summed E-state index contributed by atoms with van der Waals surface area (Å²) in [5, 5.41) is 30.8. The minimum absolute atomic E-state index is 0.00654. The number of H-pyrrole nitrogens is 1. The molecule has 0 saturated carbocycles. The van der Waals surface area contributed by atoms with Crippen LogP contribution < -0.4 is 10.3 Å². The van der Waals surface area contributed by atoms with Gasteiger partial charge in [-0.15, -0.1) is 0 Å². The Morgan fingerprint density at radius 2 is 1.67 bits per heavy atom. The maximum absolute atomic E-state index is 11.6. The molecule has 2 N–H and O–H groups in total. The van der Waals surface area contributed by atoms with Crippen LogP contribution in [-0.4, -0.2) is 24.9 Å². The molecule has 1 aromatic heterocycles. The number of aromatic nitrogens is 2. The molecule has 0 amide bonds. The number of nitrogens with zero attached hydrogens (tertiary/aromatic N) is 3. The summed E-state index contributed by atoms with van der Waals surface area (Å²) < 4.78 is 5.63. The van der Waals surface area contributed by atoms with Gasteiger partial charge in [-0.25, -0.2) is 0 Å². The SMILES string of the molecule is O=c1[nH]c(/C=C\c2ccc(OCc3ccc([N+](=O)[O-])cc3)cc2)nc(O)c1[N+](=O)[O-]. The quantitative estimate of drug-likeness (QED) is 0.443. The zero-order valence-electron chi connectivity index (χ0n) is 15.2. The summed E-state index contributed by atoms with van der Waals surface area (Å²) in [7, 11) is 0. The van der Waals surface area contributed by atoms with Gasteiger partial charge in [0.05, 0.1) is 9.85 Å². The summed E-state index contributed by atoms with van der Waals surface area (Å²) in [6.07, 6.45) is 2.97. The first-order valence-electron chi connectivity index (χ1n) is 8.45. The standard InChI is InChI=1S/C19H14N4O7/c24-18-17(23(28)29)19(25)21-16(20-18)10-5-12-3-8-15(9-4-12)30-11-13-1-6-14(7-2-13)22(26)27/h1-10H,11H2,(H2,20,21,24,25)/b10-5-. The highest BCUT2D eigenvalue weighted by molar-refractivity contribution is 5.67. The van der Waals surface area contributed by atoms with Gasteiger partial charge in [0.25, 0.3) is 11.6 Å². The number of hydrogen-bond acceptors (Lipinski definition) is 8. The summed E-state index contributed by atoms with van der Waals surface area (Å²) in [6.45, 7) is 0.237. The molecule has 3 aromatic rings. The number of nitro benzene ring substituents is 1. The first-order valence-corrected chi connectivity index (χ1v) is 8.45. The van der Waals surface area contributed by atoms with E-state index in [1.54, 1.807) is 42.5 Å². The van der Waals surface area contributed by atoms with Gasteiger partial charge in [-0.3, -0.25) is 25.0 Å². The van der Waals surface area contributed by atoms with E-state index in [4.69, 9.17) is 4.74 Å². The lowest BCUT2D eigenvalue weighted by Crippen LogP contribution is -2.14. The van der Waals surface area contributed by atoms with E-state index in [9.17, 15) is 30.1 Å². The van der Waals surface area contributed by atoms with E-state index in [1.807, 2.05) is 0 Å². The number of nitrogens with one attached hydrogen (secondary N) is 1. The van der Waals surface area contributed by atoms with Crippen LogP contribution in [-0.2, 0) is 6.61 Å². The van der Waals surface area contributed by atoms with Crippen molar-refractivity contribution < 1.29 is 19.7 Å². The van der Waals surface area contributed by atoms with E-state index in [0.29, 0.717) is 5.75 Å². The van der Waals surface area contributed by atoms with Gasteiger partial charge in [-0.05, 0) is 41.5 Å². The second kappa shape index (κ2) is 8.65. The van der Waals surface area contributed by atoms with Crippen LogP contribution in [0.25, 0.3) is 12.2 Å². The fourth-order valence-electron chi connectivity index (χ4n) is 2.45. The van der Waals surface area contributed by atoms with Gasteiger partial charge in [0.2, 0.25) is 0 Å². The predicted molar refractivity (Wildman–Crippen MR) is 106 cm³/mol. The van der Waals surface area contributed by atoms with Crippen LogP contribution >= 0.6 is 0 Å². The van der Waals surface area contributed by atoms with Crippen molar-refractivity contribution in [3.05, 3.63) is 96.1 Å². The van der Waals surface area contributed by atoms with Gasteiger partial charge in [-0.1, -0.05) is 18.2 Å². The monoisotopic (exact) mass is 410 g/mol. The number of ether oxygens (including phenoxy) is 1. The van der Waals surface area contributed by atoms with Gasteiger partial charge in [0.15, 0.2) is 0 Å². The molecule has 0 unspecified atom stereocenters. The average Bonchev–Trinajstić information content (AvgIpc) is 2.71. The molecule has 0 radical (unpaired) electrons. The molecule has 0 aliphatic heterocycles. The van der Waals surface area contributed by atoms with Crippen LogP contribution in [0.1, 0.15) is 17.0 Å². The predicted octanol–water partition coefficient (Wildman–Crippen LogP) is 3.04. The van der Waals surface area contributed by atoms with Gasteiger partial charge < -0.3 is 14.8 Å². The molecule has 0 saturated heterocycles. The van der Waals surface area contributed by atoms with Crippen LogP contribution in [0.15, 0.2) is 53.3 Å². The lowest BCUT2D eigenvalue weighted by molar-refractivity contribution is -0.387. The van der Waals surface area contributed by atoms with Gasteiger partial charge >= 0.3 is 11.2 Å². The second-order valence-corrected chi connectivity index (χ2v) is 6.00. The highest BCUT2D eigenvalue weighted by Gasteiger charge is 2.21. The Labute approximate surface area is 168 Å². The third-order valence-electron chi connectivity index (χ3n) is 3.94. The number of non-ortho nitro benzene ring substituents is 1. The van der Waals surface area contributed by atoms with Crippen LogP contribution in [0, 0.1) is 20.2 Å². The lowest BCUT2D eigenvalue weighted by atomic mass is 10.2. The van der Waals surface area contributed by atoms with Crippen molar-refractivity contribution in [2.24, 2.45) is 0 Å². The smallest absolute Gasteiger partial charge is 0.395 e. The van der Waals surface area contributed by atoms with E-state index in [0.717, 1.165) is 11.1 Å². The van der Waals surface area contributed by atoms with Crippen LogP contribution in [0.4, 0.5) is 11.4 Å². The molecule has 152 valence electrons. The average molecular weight is 410 g/mol. The molecule has 0 aliphatic carbocycles. The Bertz CT molecular complexity index is 1170. The van der Waals surface area contributed by atoms with E-state index in [2.05, 4.69) is 9.97 Å². The molecule has 0 aliphatic rings. The summed E-state index contributed by atoms with van der Waals surface area (Å²) in [5.41, 5.74) is -0.563. The zero-order chi connectivity index (χ0) is 21.7. The molecular formula is C19H14N4O7. The highest BCUT2D eigenvalue weighted by Crippen LogP contribution is 2.19. The van der Waals surface area contributed by atoms with Crippen molar-refractivity contribution in [3.8, 4) is 11.6 Å². The molecule has 0 spiro atoms. The summed E-state index contributed by atoms with van der Waals surface area (Å²) in [6, 6.07) is 12.9. The number of aromatic amines is 1. The Morgan fingerprint density at radius 3 is 2.23 bits per heavy atom. The third-order valence-corrected chi connectivity index (χ3v) is 3.94. The number of benzene rings is 2. The molecular weight excluding hydrogens is 396 g/mol. The summed E-state index contributed by atoms with van der Waals surface area (Å²) in [5.74, 6) is -0.426. The van der Waals surface area contributed by atoms with Crippen molar-refractivity contribution in [1.29, 1.82) is 0 Å². The molecule has 1 heterocycles. The van der Waals surface area contributed by atoms with Crippen LogP contribution in [0.2, 0.25) is 0 Å². The van der Waals surface area contributed by atoms with E-state index in [1.165, 1.54) is 18.2 Å². The van der Waals surface area contributed by atoms with Crippen molar-refractivity contribution in [1.82, 2.24) is 9.97 Å². The minimum atomic E-state index is -1.05. The van der Waals surface area contributed by atoms with E-state index in [-0.39, 0.29) is 18.1 Å². The largest absolute Gasteiger partial charge is 0.489 e. The first-order chi connectivity index (χ1) is 14.3. The zero-order valence-corrected chi connectivity index (χ0v) is 15.2. The maximum Gasteiger partial charge on any atom is 0.395 e. The van der Waals surface area contributed by atoms with Crippen LogP contribution in [0.3, 0.4) is 0 Å². The normalized spacial score (nSPS) is 10.8. The first kappa shape index (κ1) is 20.2. The molecule has 30 heavy (non-hydrogen) atoms. The van der Waals surface area contributed by atoms with Gasteiger partial charge in [-0.2, -0.15) is 4.98 Å². The maximum atomic E-state index is 11.6. The van der Waals surface area contributed by atoms with Crippen molar-refractivity contribution in [2.45, 2.75) is 6.61 Å². The summed E-state index contributed by atoms with van der Waals surface area (Å²) in [4.78, 5) is 37.2. The molecule has 2 aromatic carbocycles. The van der Waals surface area contributed by atoms with Crippen molar-refractivity contribution in [3.63, 3.8) is 0 Å². The summed E-state index contributed by atoms with van der Waals surface area (Å²) >= 11 is 0. The topological polar surface area (TPSA) is 161 Å². The molecule has 11 heteroatoms. The highest BCUT2D eigenvalue weighted by atomic mass is 16.6. The Kier molecular flexibility index (Phi) is 5.82. The lowest BCUT2D eigenvalue weighted by Gasteiger charge is -2.06. The fourth-order valence-corrected chi connectivity index (χ4v) is 2.45. The molecule has 0 bridgehead atoms. The van der Waals surface area contributed by atoms with E-state index >= 15 is 0 Å². The van der Waals surface area contributed by atoms with Gasteiger partial charge in [0.1, 0.15) is 18.2 Å². The molecule has 0 fully saturated rings. The van der Waals surface area contributed by atoms with Crippen molar-refractivity contribution >= 4 is 23.5 Å². The number of aromatic hydroxyl groups is 1. The van der Waals surface area contributed by atoms with Gasteiger partial charge in [0, 0.05) is 12.1 Å². The van der Waals surface area contributed by atoms with Crippen molar-refractivity contribution in [2.75, 3.05) is 0 Å². The second-order valence-electron chi connectivity index (χ2n) is 6.00. The number of hydrogen-bond donors (Lipinski definition) is 2. The third kappa shape index (κ3) is 4.84. The minimum Gasteiger partial charge on any atom is -0.489 e. The Hall–Kier alpha value is -4.54.